The zero-order valence-electron chi connectivity index (χ0n) is 48.7. The third kappa shape index (κ3) is 49.2. The van der Waals surface area contributed by atoms with Crippen molar-refractivity contribution in [3.05, 3.63) is 17.7 Å². The molecule has 0 aliphatic carbocycles. The van der Waals surface area contributed by atoms with E-state index < -0.39 is 0 Å². The molecule has 1 aromatic rings. The monoisotopic (exact) mass is 1030 g/mol. The number of aryl methyl sites for hydroxylation is 1. The van der Waals surface area contributed by atoms with E-state index in [1.54, 1.807) is 14.7 Å². The lowest BCUT2D eigenvalue weighted by Crippen LogP contribution is -1.92. The zero-order valence-corrected chi connectivity index (χ0v) is 51.1. The Morgan fingerprint density at radius 1 is 0.214 bits per heavy atom. The summed E-state index contributed by atoms with van der Waals surface area (Å²) in [6.45, 7) is 9.31. The predicted molar refractivity (Wildman–Crippen MR) is 330 cm³/mol. The van der Waals surface area contributed by atoms with Gasteiger partial charge in [-0.15, -0.1) is 35.3 Å². The molecular formula is C67H128S3. The van der Waals surface area contributed by atoms with Crippen LogP contribution in [0.5, 0.6) is 0 Å². The van der Waals surface area contributed by atoms with Crippen molar-refractivity contribution in [3.63, 3.8) is 0 Å². The van der Waals surface area contributed by atoms with Crippen molar-refractivity contribution in [2.24, 2.45) is 0 Å². The van der Waals surface area contributed by atoms with Crippen molar-refractivity contribution in [2.45, 2.75) is 389 Å². The molecule has 1 aromatic carbocycles. The summed E-state index contributed by atoms with van der Waals surface area (Å²) in [4.78, 5) is 4.83. The van der Waals surface area contributed by atoms with Gasteiger partial charge in [0, 0.05) is 14.7 Å². The number of hydrogen-bond acceptors (Lipinski definition) is 3. The van der Waals surface area contributed by atoms with Gasteiger partial charge in [0.1, 0.15) is 0 Å². The minimum Gasteiger partial charge on any atom is -0.125 e. The van der Waals surface area contributed by atoms with Crippen molar-refractivity contribution in [1.82, 2.24) is 0 Å². The molecule has 0 saturated carbocycles. The first kappa shape index (κ1) is 68.3. The van der Waals surface area contributed by atoms with Crippen LogP contribution in [0.3, 0.4) is 0 Å². The number of unbranched alkanes of at least 4 members (excludes halogenated alkanes) is 51. The van der Waals surface area contributed by atoms with Crippen LogP contribution in [0.15, 0.2) is 26.8 Å². The molecule has 0 amide bonds. The van der Waals surface area contributed by atoms with E-state index in [1.165, 1.54) is 370 Å². The smallest absolute Gasteiger partial charge is 0.0344 e. The van der Waals surface area contributed by atoms with E-state index >= 15 is 0 Å². The SMILES string of the molecule is CCCCCCCCCCCCCCCCCCCCSc1cc(C)cc(SCCCCCCCCCCCCCCCCCCCC)c1SCCCCCCCCCCCCCCCCCCCC. The van der Waals surface area contributed by atoms with Crippen LogP contribution in [-0.2, 0) is 0 Å². The summed E-state index contributed by atoms with van der Waals surface area (Å²) in [6, 6.07) is 5.08. The second kappa shape index (κ2) is 58.5. The minimum absolute atomic E-state index is 1.29. The van der Waals surface area contributed by atoms with Gasteiger partial charge >= 0.3 is 0 Å². The predicted octanol–water partition coefficient (Wildman–Crippen LogP) is 26.4. The first-order chi connectivity index (χ1) is 34.7. The van der Waals surface area contributed by atoms with E-state index in [2.05, 4.69) is 75.1 Å². The number of hydrogen-bond donors (Lipinski definition) is 0. The molecule has 0 N–H and O–H groups in total. The molecule has 0 aromatic heterocycles. The first-order valence-corrected chi connectivity index (χ1v) is 35.7. The lowest BCUT2D eigenvalue weighted by molar-refractivity contribution is 0.526. The van der Waals surface area contributed by atoms with Gasteiger partial charge in [-0.3, -0.25) is 0 Å². The molecule has 0 radical (unpaired) electrons. The van der Waals surface area contributed by atoms with E-state index in [0.29, 0.717) is 0 Å². The molecule has 70 heavy (non-hydrogen) atoms. The van der Waals surface area contributed by atoms with Crippen molar-refractivity contribution in [2.75, 3.05) is 17.3 Å². The number of benzene rings is 1. The highest BCUT2D eigenvalue weighted by Crippen LogP contribution is 2.41. The number of thioether (sulfide) groups is 3. The molecule has 0 aliphatic rings. The molecule has 0 unspecified atom stereocenters. The molecule has 0 heterocycles. The topological polar surface area (TPSA) is 0 Å². The average Bonchev–Trinajstić information content (AvgIpc) is 3.36. The fraction of sp³-hybridized carbons (Fsp3) is 0.910. The van der Waals surface area contributed by atoms with E-state index in [4.69, 9.17) is 0 Å². The lowest BCUT2D eigenvalue weighted by Gasteiger charge is -2.16. The standard InChI is InChI=1S/C67H128S3/c1-5-8-11-14-17-20-23-26-29-32-35-38-41-44-47-50-53-56-59-68-65-62-64(4)63-66(69-60-57-54-51-48-45-42-39-36-33-30-27-24-21-18-15-12-9-6-2)67(65)70-61-58-55-52-49-46-43-40-37-34-31-28-25-22-19-16-13-10-7-3/h62-63H,5-61H2,1-4H3. The van der Waals surface area contributed by atoms with Gasteiger partial charge in [0.05, 0.1) is 0 Å². The van der Waals surface area contributed by atoms with Crippen molar-refractivity contribution >= 4 is 35.3 Å². The first-order valence-electron chi connectivity index (χ1n) is 32.8. The maximum atomic E-state index is 2.54. The highest BCUT2D eigenvalue weighted by atomic mass is 32.2. The summed E-state index contributed by atoms with van der Waals surface area (Å²) in [5, 5.41) is 0. The third-order valence-corrected chi connectivity index (χ3v) is 19.2. The second-order valence-corrected chi connectivity index (χ2v) is 26.0. The summed E-state index contributed by atoms with van der Waals surface area (Å²) >= 11 is 6.58. The van der Waals surface area contributed by atoms with Crippen LogP contribution in [0.2, 0.25) is 0 Å². The Balaban J connectivity index is 2.33. The van der Waals surface area contributed by atoms with Crippen molar-refractivity contribution < 1.29 is 0 Å². The lowest BCUT2D eigenvalue weighted by atomic mass is 10.0. The van der Waals surface area contributed by atoms with Gasteiger partial charge < -0.3 is 0 Å². The van der Waals surface area contributed by atoms with Crippen LogP contribution in [-0.4, -0.2) is 17.3 Å². The Morgan fingerprint density at radius 3 is 0.557 bits per heavy atom. The van der Waals surface area contributed by atoms with E-state index in [-0.39, 0.29) is 0 Å². The molecule has 1 rings (SSSR count). The minimum atomic E-state index is 1.29. The highest BCUT2D eigenvalue weighted by molar-refractivity contribution is 8.03. The van der Waals surface area contributed by atoms with Gasteiger partial charge in [-0.25, -0.2) is 0 Å². The zero-order chi connectivity index (χ0) is 50.2. The quantitative estimate of drug-likeness (QED) is 0.0471. The largest absolute Gasteiger partial charge is 0.125 e. The highest BCUT2D eigenvalue weighted by Gasteiger charge is 2.13. The molecule has 0 atom stereocenters. The van der Waals surface area contributed by atoms with Gasteiger partial charge in [-0.2, -0.15) is 0 Å². The molecule has 3 heteroatoms. The van der Waals surface area contributed by atoms with Crippen LogP contribution in [0, 0.1) is 6.92 Å². The van der Waals surface area contributed by atoms with E-state index in [0.717, 1.165) is 0 Å². The Labute approximate surface area is 456 Å². The van der Waals surface area contributed by atoms with Crippen molar-refractivity contribution in [1.29, 1.82) is 0 Å². The molecule has 414 valence electrons. The second-order valence-electron chi connectivity index (χ2n) is 22.7. The summed E-state index contributed by atoms with van der Waals surface area (Å²) in [5.41, 5.74) is 1.47. The molecule has 0 spiro atoms. The fourth-order valence-corrected chi connectivity index (χ4v) is 14.5. The van der Waals surface area contributed by atoms with E-state index in [1.807, 2.05) is 0 Å². The fourth-order valence-electron chi connectivity index (χ4n) is 10.6. The molecule has 0 bridgehead atoms. The Morgan fingerprint density at radius 2 is 0.371 bits per heavy atom. The molecule has 0 fully saturated rings. The molecule has 0 saturated heterocycles. The summed E-state index contributed by atoms with van der Waals surface area (Å²) in [5.74, 6) is 3.87. The van der Waals surface area contributed by atoms with Gasteiger partial charge in [-0.05, 0) is 61.1 Å². The van der Waals surface area contributed by atoms with Crippen LogP contribution in [0.1, 0.15) is 373 Å². The van der Waals surface area contributed by atoms with Gasteiger partial charge in [0.15, 0.2) is 0 Å². The Bertz CT molecular complexity index is 1070. The normalized spacial score (nSPS) is 11.7. The summed E-state index contributed by atoms with van der Waals surface area (Å²) in [7, 11) is 0. The van der Waals surface area contributed by atoms with Gasteiger partial charge in [0.2, 0.25) is 0 Å². The Hall–Kier alpha value is 0.270. The summed E-state index contributed by atoms with van der Waals surface area (Å²) in [6.07, 6.45) is 78.5. The summed E-state index contributed by atoms with van der Waals surface area (Å²) < 4.78 is 0. The van der Waals surface area contributed by atoms with Gasteiger partial charge in [-0.1, -0.05) is 348 Å². The molecule has 0 nitrogen and oxygen atoms in total. The maximum absolute atomic E-state index is 2.54. The third-order valence-electron chi connectivity index (χ3n) is 15.4. The van der Waals surface area contributed by atoms with E-state index in [9.17, 15) is 0 Å². The maximum Gasteiger partial charge on any atom is 0.0344 e. The number of rotatable bonds is 60. The molecular weight excluding hydrogens is 901 g/mol. The molecule has 0 aliphatic heterocycles. The van der Waals surface area contributed by atoms with Crippen LogP contribution >= 0.6 is 35.3 Å². The van der Waals surface area contributed by atoms with Crippen LogP contribution < -0.4 is 0 Å². The van der Waals surface area contributed by atoms with Gasteiger partial charge in [0.25, 0.3) is 0 Å². The Kier molecular flexibility index (Phi) is 57.1. The van der Waals surface area contributed by atoms with Crippen molar-refractivity contribution in [3.8, 4) is 0 Å². The van der Waals surface area contributed by atoms with Crippen LogP contribution in [0.4, 0.5) is 0 Å². The van der Waals surface area contributed by atoms with Crippen LogP contribution in [0.25, 0.3) is 0 Å². The average molecular weight is 1030 g/mol.